The zero-order valence-corrected chi connectivity index (χ0v) is 18.4. The lowest BCUT2D eigenvalue weighted by Gasteiger charge is -2.21. The molecule has 2 amide bonds. The van der Waals surface area contributed by atoms with E-state index in [1.165, 1.54) is 49.2 Å². The average molecular weight is 418 g/mol. The standard InChI is InChI=1S/C23H35N3O2S/c27-22(24-10-7-13-25-11-5-6-12-25)18-8-9-20-19(16-18)17-21(29-20)23(28)26-14-3-1-2-4-15-26/h17-18H,1-16H2,(H,24,27). The van der Waals surface area contributed by atoms with Gasteiger partial charge in [-0.2, -0.15) is 0 Å². The molecule has 3 aliphatic rings. The monoisotopic (exact) mass is 417 g/mol. The third-order valence-corrected chi connectivity index (χ3v) is 7.93. The zero-order chi connectivity index (χ0) is 20.1. The summed E-state index contributed by atoms with van der Waals surface area (Å²) < 4.78 is 0. The second-order valence-corrected chi connectivity index (χ2v) is 10.0. The molecule has 0 aromatic carbocycles. The van der Waals surface area contributed by atoms with Gasteiger partial charge in [-0.1, -0.05) is 12.8 Å². The van der Waals surface area contributed by atoms with Crippen LogP contribution in [0, 0.1) is 5.92 Å². The maximum absolute atomic E-state index is 12.9. The molecule has 1 atom stereocenters. The maximum atomic E-state index is 12.9. The van der Waals surface area contributed by atoms with E-state index < -0.39 is 0 Å². The molecule has 4 rings (SSSR count). The van der Waals surface area contributed by atoms with Crippen molar-refractivity contribution in [2.75, 3.05) is 39.3 Å². The third kappa shape index (κ3) is 5.40. The summed E-state index contributed by atoms with van der Waals surface area (Å²) in [6.07, 6.45) is 11.0. The summed E-state index contributed by atoms with van der Waals surface area (Å²) in [5.74, 6) is 0.461. The molecule has 3 heterocycles. The van der Waals surface area contributed by atoms with E-state index in [1.54, 1.807) is 11.3 Å². The summed E-state index contributed by atoms with van der Waals surface area (Å²) in [6.45, 7) is 6.10. The van der Waals surface area contributed by atoms with Gasteiger partial charge < -0.3 is 15.1 Å². The van der Waals surface area contributed by atoms with Crippen LogP contribution in [0.1, 0.15) is 71.5 Å². The van der Waals surface area contributed by atoms with Crippen molar-refractivity contribution in [1.29, 1.82) is 0 Å². The van der Waals surface area contributed by atoms with Crippen molar-refractivity contribution in [2.45, 2.75) is 64.2 Å². The summed E-state index contributed by atoms with van der Waals surface area (Å²) in [6, 6.07) is 2.08. The van der Waals surface area contributed by atoms with Crippen LogP contribution in [-0.2, 0) is 17.6 Å². The van der Waals surface area contributed by atoms with Crippen molar-refractivity contribution in [3.8, 4) is 0 Å². The highest BCUT2D eigenvalue weighted by atomic mass is 32.1. The Bertz CT molecular complexity index is 703. The van der Waals surface area contributed by atoms with E-state index in [-0.39, 0.29) is 17.7 Å². The van der Waals surface area contributed by atoms with E-state index in [0.717, 1.165) is 69.6 Å². The number of aryl methyl sites for hydroxylation is 1. The molecule has 2 saturated heterocycles. The van der Waals surface area contributed by atoms with Crippen molar-refractivity contribution in [3.63, 3.8) is 0 Å². The minimum absolute atomic E-state index is 0.0602. The Morgan fingerprint density at radius 2 is 1.76 bits per heavy atom. The lowest BCUT2D eigenvalue weighted by Crippen LogP contribution is -2.35. The molecule has 0 saturated carbocycles. The average Bonchev–Trinajstić information content (AvgIpc) is 3.33. The fourth-order valence-electron chi connectivity index (χ4n) is 4.95. The Hall–Kier alpha value is -1.40. The Morgan fingerprint density at radius 1 is 1.03 bits per heavy atom. The Balaban J connectivity index is 1.26. The highest BCUT2D eigenvalue weighted by molar-refractivity contribution is 7.14. The van der Waals surface area contributed by atoms with E-state index >= 15 is 0 Å². The highest BCUT2D eigenvalue weighted by Gasteiger charge is 2.28. The molecule has 0 bridgehead atoms. The van der Waals surface area contributed by atoms with E-state index in [0.29, 0.717) is 0 Å². The first-order valence-electron chi connectivity index (χ1n) is 11.6. The molecule has 6 heteroatoms. The summed E-state index contributed by atoms with van der Waals surface area (Å²) in [5, 5.41) is 3.16. The quantitative estimate of drug-likeness (QED) is 0.721. The number of amides is 2. The molecule has 0 radical (unpaired) electrons. The molecule has 160 valence electrons. The van der Waals surface area contributed by atoms with Gasteiger partial charge in [-0.3, -0.25) is 9.59 Å². The number of fused-ring (bicyclic) bond motifs is 1. The van der Waals surface area contributed by atoms with Gasteiger partial charge in [-0.05, 0) is 82.6 Å². The molecule has 5 nitrogen and oxygen atoms in total. The van der Waals surface area contributed by atoms with Crippen molar-refractivity contribution in [2.24, 2.45) is 5.92 Å². The molecule has 2 aliphatic heterocycles. The molecular formula is C23H35N3O2S. The number of carbonyl (C=O) groups excluding carboxylic acids is 2. The van der Waals surface area contributed by atoms with Gasteiger partial charge in [-0.15, -0.1) is 11.3 Å². The smallest absolute Gasteiger partial charge is 0.263 e. The molecule has 1 aliphatic carbocycles. The first-order chi connectivity index (χ1) is 14.2. The number of hydrogen-bond acceptors (Lipinski definition) is 4. The van der Waals surface area contributed by atoms with Gasteiger partial charge in [0.15, 0.2) is 0 Å². The molecule has 2 fully saturated rings. The SMILES string of the molecule is O=C(NCCCN1CCCC1)C1CCc2sc(C(=O)N3CCCCCC3)cc2C1. The second kappa shape index (κ2) is 10.1. The van der Waals surface area contributed by atoms with Gasteiger partial charge in [-0.25, -0.2) is 0 Å². The zero-order valence-electron chi connectivity index (χ0n) is 17.6. The van der Waals surface area contributed by atoms with E-state index in [1.807, 2.05) is 4.90 Å². The van der Waals surface area contributed by atoms with Crippen LogP contribution in [0.15, 0.2) is 6.07 Å². The Kier molecular flexibility index (Phi) is 7.24. The molecule has 1 N–H and O–H groups in total. The van der Waals surface area contributed by atoms with Gasteiger partial charge in [0.1, 0.15) is 0 Å². The van der Waals surface area contributed by atoms with E-state index in [2.05, 4.69) is 16.3 Å². The predicted molar refractivity (Wildman–Crippen MR) is 118 cm³/mol. The molecule has 1 aromatic rings. The topological polar surface area (TPSA) is 52.7 Å². The van der Waals surface area contributed by atoms with Crippen LogP contribution in [0.25, 0.3) is 0 Å². The fraction of sp³-hybridized carbons (Fsp3) is 0.739. The van der Waals surface area contributed by atoms with Gasteiger partial charge in [0, 0.05) is 30.4 Å². The van der Waals surface area contributed by atoms with Crippen LogP contribution in [-0.4, -0.2) is 60.9 Å². The first-order valence-corrected chi connectivity index (χ1v) is 12.4. The highest BCUT2D eigenvalue weighted by Crippen LogP contribution is 2.33. The van der Waals surface area contributed by atoms with Crippen LogP contribution in [0.4, 0.5) is 0 Å². The van der Waals surface area contributed by atoms with Crippen molar-refractivity contribution >= 4 is 23.2 Å². The molecule has 1 aromatic heterocycles. The summed E-state index contributed by atoms with van der Waals surface area (Å²) in [7, 11) is 0. The molecule has 0 spiro atoms. The van der Waals surface area contributed by atoms with Gasteiger partial charge in [0.05, 0.1) is 4.88 Å². The minimum Gasteiger partial charge on any atom is -0.356 e. The van der Waals surface area contributed by atoms with E-state index in [4.69, 9.17) is 0 Å². The summed E-state index contributed by atoms with van der Waals surface area (Å²) >= 11 is 1.66. The van der Waals surface area contributed by atoms with Crippen molar-refractivity contribution in [1.82, 2.24) is 15.1 Å². The minimum atomic E-state index is 0.0602. The van der Waals surface area contributed by atoms with Crippen LogP contribution >= 0.6 is 11.3 Å². The number of likely N-dealkylation sites (tertiary alicyclic amines) is 2. The van der Waals surface area contributed by atoms with Gasteiger partial charge in [0.2, 0.25) is 5.91 Å². The second-order valence-electron chi connectivity index (χ2n) is 8.90. The third-order valence-electron chi connectivity index (χ3n) is 6.71. The van der Waals surface area contributed by atoms with Crippen molar-refractivity contribution in [3.05, 3.63) is 21.4 Å². The molecular weight excluding hydrogens is 382 g/mol. The number of hydrogen-bond donors (Lipinski definition) is 1. The van der Waals surface area contributed by atoms with E-state index in [9.17, 15) is 9.59 Å². The Labute approximate surface area is 178 Å². The maximum Gasteiger partial charge on any atom is 0.263 e. The van der Waals surface area contributed by atoms with Crippen molar-refractivity contribution < 1.29 is 9.59 Å². The molecule has 1 unspecified atom stereocenters. The Morgan fingerprint density at radius 3 is 2.52 bits per heavy atom. The number of carbonyl (C=O) groups is 2. The van der Waals surface area contributed by atoms with Gasteiger partial charge >= 0.3 is 0 Å². The van der Waals surface area contributed by atoms with Crippen LogP contribution in [0.2, 0.25) is 0 Å². The number of thiophene rings is 1. The largest absolute Gasteiger partial charge is 0.356 e. The fourth-order valence-corrected chi connectivity index (χ4v) is 6.12. The van der Waals surface area contributed by atoms with Gasteiger partial charge in [0.25, 0.3) is 5.91 Å². The van der Waals surface area contributed by atoms with Crippen LogP contribution < -0.4 is 5.32 Å². The first kappa shape index (κ1) is 20.9. The molecule has 29 heavy (non-hydrogen) atoms. The number of rotatable bonds is 6. The van der Waals surface area contributed by atoms with Crippen LogP contribution in [0.3, 0.4) is 0 Å². The number of nitrogens with zero attached hydrogens (tertiary/aromatic N) is 2. The lowest BCUT2D eigenvalue weighted by atomic mass is 9.87. The summed E-state index contributed by atoms with van der Waals surface area (Å²) in [5.41, 5.74) is 1.23. The lowest BCUT2D eigenvalue weighted by molar-refractivity contribution is -0.125. The summed E-state index contributed by atoms with van der Waals surface area (Å²) in [4.78, 5) is 32.3. The number of nitrogens with one attached hydrogen (secondary N) is 1. The van der Waals surface area contributed by atoms with Crippen LogP contribution in [0.5, 0.6) is 0 Å². The normalized spacial score (nSPS) is 22.9. The predicted octanol–water partition coefficient (Wildman–Crippen LogP) is 3.47.